The van der Waals surface area contributed by atoms with E-state index in [9.17, 15) is 4.79 Å². The lowest BCUT2D eigenvalue weighted by molar-refractivity contribution is 0.0376. The van der Waals surface area contributed by atoms with E-state index < -0.39 is 0 Å². The number of amides is 1. The minimum atomic E-state index is -0.0192. The van der Waals surface area contributed by atoms with Crippen molar-refractivity contribution in [3.05, 3.63) is 89.5 Å². The fourth-order valence-corrected chi connectivity index (χ4v) is 5.42. The van der Waals surface area contributed by atoms with Gasteiger partial charge in [-0.2, -0.15) is 0 Å². The summed E-state index contributed by atoms with van der Waals surface area (Å²) in [6.45, 7) is 4.98. The van der Waals surface area contributed by atoms with Gasteiger partial charge in [0.25, 0.3) is 5.91 Å². The molecular formula is C29H32ClN3O3S. The van der Waals surface area contributed by atoms with Crippen LogP contribution < -0.4 is 9.64 Å². The minimum absolute atomic E-state index is 0. The number of nitrogens with zero attached hydrogens (tertiary/aromatic N) is 3. The van der Waals surface area contributed by atoms with Crippen LogP contribution in [-0.4, -0.2) is 62.3 Å². The SMILES string of the molecule is COc1ccc2sc(N(CCCN3CCOCC3)C(=O)c3ccc(Cc4ccccc4)cc3)nc2c1.Cl. The molecule has 1 fully saturated rings. The first kappa shape index (κ1) is 27.1. The molecule has 6 nitrogen and oxygen atoms in total. The summed E-state index contributed by atoms with van der Waals surface area (Å²) in [5, 5.41) is 0.721. The molecule has 3 aromatic carbocycles. The third kappa shape index (κ3) is 6.87. The quantitative estimate of drug-likeness (QED) is 0.275. The lowest BCUT2D eigenvalue weighted by Crippen LogP contribution is -2.39. The van der Waals surface area contributed by atoms with Crippen molar-refractivity contribution in [2.45, 2.75) is 12.8 Å². The molecule has 0 atom stereocenters. The van der Waals surface area contributed by atoms with Gasteiger partial charge in [-0.3, -0.25) is 14.6 Å². The number of halogens is 1. The number of fused-ring (bicyclic) bond motifs is 1. The molecule has 0 radical (unpaired) electrons. The van der Waals surface area contributed by atoms with Crippen molar-refractivity contribution >= 4 is 45.0 Å². The van der Waals surface area contributed by atoms with Crippen LogP contribution in [0, 0.1) is 0 Å². The Labute approximate surface area is 228 Å². The fraction of sp³-hybridized carbons (Fsp3) is 0.310. The van der Waals surface area contributed by atoms with Gasteiger partial charge in [0, 0.05) is 37.8 Å². The van der Waals surface area contributed by atoms with E-state index in [0.29, 0.717) is 12.1 Å². The van der Waals surface area contributed by atoms with Gasteiger partial charge in [-0.25, -0.2) is 4.98 Å². The van der Waals surface area contributed by atoms with Crippen LogP contribution in [0.25, 0.3) is 10.2 Å². The van der Waals surface area contributed by atoms with Gasteiger partial charge in [0.2, 0.25) is 0 Å². The number of hydrogen-bond donors (Lipinski definition) is 0. The van der Waals surface area contributed by atoms with Gasteiger partial charge < -0.3 is 9.47 Å². The maximum atomic E-state index is 13.7. The number of aromatic nitrogens is 1. The van der Waals surface area contributed by atoms with Crippen molar-refractivity contribution in [3.63, 3.8) is 0 Å². The maximum absolute atomic E-state index is 13.7. The lowest BCUT2D eigenvalue weighted by atomic mass is 10.0. The van der Waals surface area contributed by atoms with E-state index in [-0.39, 0.29) is 18.3 Å². The molecule has 1 saturated heterocycles. The van der Waals surface area contributed by atoms with Crippen LogP contribution in [-0.2, 0) is 11.2 Å². The van der Waals surface area contributed by atoms with Crippen molar-refractivity contribution in [1.82, 2.24) is 9.88 Å². The molecule has 0 unspecified atom stereocenters. The largest absolute Gasteiger partial charge is 0.497 e. The number of benzene rings is 3. The van der Waals surface area contributed by atoms with Crippen molar-refractivity contribution < 1.29 is 14.3 Å². The Balaban J connectivity index is 0.00000320. The standard InChI is InChI=1S/C29H31N3O3S.ClH/c1-34-25-12-13-27-26(21-25)30-29(36-27)32(15-5-14-31-16-18-35-19-17-31)28(33)24-10-8-23(9-11-24)20-22-6-3-2-4-7-22;/h2-4,6-13,21H,5,14-20H2,1H3;1H. The minimum Gasteiger partial charge on any atom is -0.497 e. The number of morpholine rings is 1. The van der Waals surface area contributed by atoms with Crippen LogP contribution in [0.15, 0.2) is 72.8 Å². The zero-order valence-electron chi connectivity index (χ0n) is 21.0. The van der Waals surface area contributed by atoms with Crippen LogP contribution in [0.1, 0.15) is 27.9 Å². The van der Waals surface area contributed by atoms with Crippen LogP contribution in [0.3, 0.4) is 0 Å². The van der Waals surface area contributed by atoms with E-state index in [1.165, 1.54) is 11.1 Å². The number of methoxy groups -OCH3 is 1. The summed E-state index contributed by atoms with van der Waals surface area (Å²) < 4.78 is 11.9. The Hall–Kier alpha value is -2.97. The molecule has 1 amide bonds. The molecule has 5 rings (SSSR count). The monoisotopic (exact) mass is 537 g/mol. The second-order valence-corrected chi connectivity index (χ2v) is 9.96. The van der Waals surface area contributed by atoms with Gasteiger partial charge in [0.05, 0.1) is 30.5 Å². The summed E-state index contributed by atoms with van der Waals surface area (Å²) in [5.41, 5.74) is 3.96. The summed E-state index contributed by atoms with van der Waals surface area (Å²) in [7, 11) is 1.65. The highest BCUT2D eigenvalue weighted by molar-refractivity contribution is 7.22. The molecule has 0 aliphatic carbocycles. The number of thiazole rings is 1. The predicted molar refractivity (Wildman–Crippen MR) is 153 cm³/mol. The Bertz CT molecular complexity index is 1290. The molecule has 4 aromatic rings. The van der Waals surface area contributed by atoms with Gasteiger partial charge in [0.1, 0.15) is 5.75 Å². The summed E-state index contributed by atoms with van der Waals surface area (Å²) in [6.07, 6.45) is 1.72. The van der Waals surface area contributed by atoms with Gasteiger partial charge in [-0.05, 0) is 48.2 Å². The van der Waals surface area contributed by atoms with E-state index in [2.05, 4.69) is 41.3 Å². The molecule has 0 saturated carbocycles. The Morgan fingerprint density at radius 2 is 1.76 bits per heavy atom. The third-order valence-electron chi connectivity index (χ3n) is 6.47. The van der Waals surface area contributed by atoms with Crippen LogP contribution in [0.5, 0.6) is 5.75 Å². The molecule has 194 valence electrons. The van der Waals surface area contributed by atoms with Gasteiger partial charge >= 0.3 is 0 Å². The second-order valence-electron chi connectivity index (χ2n) is 8.95. The molecule has 0 N–H and O–H groups in total. The van der Waals surface area contributed by atoms with E-state index in [1.54, 1.807) is 18.4 Å². The second kappa shape index (κ2) is 13.0. The Kier molecular flexibility index (Phi) is 9.52. The molecule has 8 heteroatoms. The third-order valence-corrected chi connectivity index (χ3v) is 7.53. The highest BCUT2D eigenvalue weighted by Crippen LogP contribution is 2.32. The number of carbonyl (C=O) groups excluding carboxylic acids is 1. The molecular weight excluding hydrogens is 506 g/mol. The van der Waals surface area contributed by atoms with Gasteiger partial charge in [-0.15, -0.1) is 12.4 Å². The number of ether oxygens (including phenoxy) is 2. The summed E-state index contributed by atoms with van der Waals surface area (Å²) in [6, 6.07) is 24.2. The zero-order chi connectivity index (χ0) is 24.7. The smallest absolute Gasteiger partial charge is 0.260 e. The number of rotatable bonds is 9. The van der Waals surface area contributed by atoms with Crippen LogP contribution in [0.4, 0.5) is 5.13 Å². The lowest BCUT2D eigenvalue weighted by Gasteiger charge is -2.27. The van der Waals surface area contributed by atoms with E-state index >= 15 is 0 Å². The number of hydrogen-bond acceptors (Lipinski definition) is 6. The zero-order valence-corrected chi connectivity index (χ0v) is 22.6. The first-order valence-electron chi connectivity index (χ1n) is 12.4. The number of carbonyl (C=O) groups is 1. The molecule has 1 aliphatic rings. The molecule has 1 aromatic heterocycles. The molecule has 2 heterocycles. The average molecular weight is 538 g/mol. The fourth-order valence-electron chi connectivity index (χ4n) is 4.45. The maximum Gasteiger partial charge on any atom is 0.260 e. The summed E-state index contributed by atoms with van der Waals surface area (Å²) in [4.78, 5) is 22.8. The van der Waals surface area contributed by atoms with Crippen LogP contribution in [0.2, 0.25) is 0 Å². The Morgan fingerprint density at radius 1 is 1.03 bits per heavy atom. The van der Waals surface area contributed by atoms with Crippen molar-refractivity contribution in [1.29, 1.82) is 0 Å². The predicted octanol–water partition coefficient (Wildman–Crippen LogP) is 5.69. The molecule has 0 bridgehead atoms. The van der Waals surface area contributed by atoms with Crippen molar-refractivity contribution in [2.24, 2.45) is 0 Å². The van der Waals surface area contributed by atoms with Gasteiger partial charge in [0.15, 0.2) is 5.13 Å². The van der Waals surface area contributed by atoms with E-state index in [0.717, 1.165) is 66.8 Å². The normalized spacial score (nSPS) is 13.8. The van der Waals surface area contributed by atoms with E-state index in [1.807, 2.05) is 41.3 Å². The Morgan fingerprint density at radius 3 is 2.49 bits per heavy atom. The number of anilines is 1. The summed E-state index contributed by atoms with van der Waals surface area (Å²) >= 11 is 1.54. The first-order valence-corrected chi connectivity index (χ1v) is 13.2. The summed E-state index contributed by atoms with van der Waals surface area (Å²) in [5.74, 6) is 0.743. The molecule has 37 heavy (non-hydrogen) atoms. The van der Waals surface area contributed by atoms with Crippen molar-refractivity contribution in [3.8, 4) is 5.75 Å². The topological polar surface area (TPSA) is 54.9 Å². The highest BCUT2D eigenvalue weighted by atomic mass is 35.5. The van der Waals surface area contributed by atoms with E-state index in [4.69, 9.17) is 14.5 Å². The molecule has 0 spiro atoms. The average Bonchev–Trinajstić information content (AvgIpc) is 3.35. The highest BCUT2D eigenvalue weighted by Gasteiger charge is 2.22. The first-order chi connectivity index (χ1) is 17.7. The van der Waals surface area contributed by atoms with Crippen molar-refractivity contribution in [2.75, 3.05) is 51.4 Å². The van der Waals surface area contributed by atoms with Crippen LogP contribution >= 0.6 is 23.7 Å². The van der Waals surface area contributed by atoms with Gasteiger partial charge in [-0.1, -0.05) is 53.8 Å². The molecule has 1 aliphatic heterocycles.